The maximum atomic E-state index is 10.0. The lowest BCUT2D eigenvalue weighted by atomic mass is 10.0. The first-order chi connectivity index (χ1) is 8.15. The Morgan fingerprint density at radius 3 is 2.71 bits per heavy atom. The fraction of sp³-hybridized carbons (Fsp3) is 0.250. The second-order valence-electron chi connectivity index (χ2n) is 3.66. The van der Waals surface area contributed by atoms with Gasteiger partial charge in [0.05, 0.1) is 7.11 Å². The van der Waals surface area contributed by atoms with E-state index in [1.54, 1.807) is 12.1 Å². The van der Waals surface area contributed by atoms with Crippen molar-refractivity contribution in [1.29, 1.82) is 0 Å². The predicted octanol–water partition coefficient (Wildman–Crippen LogP) is 2.20. The van der Waals surface area contributed by atoms with E-state index in [4.69, 9.17) is 15.0 Å². The lowest BCUT2D eigenvalue weighted by molar-refractivity contribution is 0.373. The summed E-state index contributed by atoms with van der Waals surface area (Å²) < 4.78 is 9.91. The number of nitrogens with two attached hydrogens (primary N) is 1. The van der Waals surface area contributed by atoms with Gasteiger partial charge in [-0.15, -0.1) is 0 Å². The van der Waals surface area contributed by atoms with Gasteiger partial charge in [0.15, 0.2) is 11.5 Å². The largest absolute Gasteiger partial charge is 0.504 e. The van der Waals surface area contributed by atoms with Gasteiger partial charge in [0, 0.05) is 11.6 Å². The average molecular weight is 234 g/mol. The Morgan fingerprint density at radius 2 is 2.18 bits per heavy atom. The third-order valence-corrected chi connectivity index (χ3v) is 2.57. The Labute approximate surface area is 98.8 Å². The molecule has 0 atom stereocenters. The first-order valence-electron chi connectivity index (χ1n) is 5.28. The van der Waals surface area contributed by atoms with E-state index in [1.165, 1.54) is 7.11 Å². The maximum Gasteiger partial charge on any atom is 0.222 e. The fourth-order valence-electron chi connectivity index (χ4n) is 1.64. The van der Waals surface area contributed by atoms with Crippen molar-refractivity contribution in [3.63, 3.8) is 0 Å². The SMILES string of the molecule is CCc1cc(OC)c(O)c(-c2cc(N)on2)c1. The molecule has 5 heteroatoms. The molecule has 0 fully saturated rings. The number of aromatic hydroxyl groups is 1. The number of aromatic nitrogens is 1. The molecule has 5 nitrogen and oxygen atoms in total. The van der Waals surface area contributed by atoms with Gasteiger partial charge in [0.2, 0.25) is 5.88 Å². The van der Waals surface area contributed by atoms with Gasteiger partial charge >= 0.3 is 0 Å². The summed E-state index contributed by atoms with van der Waals surface area (Å²) in [6, 6.07) is 5.20. The number of phenols is 1. The van der Waals surface area contributed by atoms with E-state index in [0.29, 0.717) is 17.0 Å². The second-order valence-corrected chi connectivity index (χ2v) is 3.66. The molecule has 0 saturated carbocycles. The molecule has 0 aliphatic carbocycles. The summed E-state index contributed by atoms with van der Waals surface area (Å²) in [6.07, 6.45) is 0.830. The molecule has 1 heterocycles. The van der Waals surface area contributed by atoms with E-state index in [1.807, 2.05) is 13.0 Å². The number of phenolic OH excluding ortho intramolecular Hbond substituents is 1. The third-order valence-electron chi connectivity index (χ3n) is 2.57. The van der Waals surface area contributed by atoms with Gasteiger partial charge in [-0.05, 0) is 24.1 Å². The normalized spacial score (nSPS) is 10.5. The molecule has 90 valence electrons. The van der Waals surface area contributed by atoms with Crippen LogP contribution in [0.5, 0.6) is 11.5 Å². The number of hydrogen-bond donors (Lipinski definition) is 2. The molecule has 17 heavy (non-hydrogen) atoms. The minimum absolute atomic E-state index is 0.0398. The Bertz CT molecular complexity index is 535. The molecule has 0 spiro atoms. The van der Waals surface area contributed by atoms with Crippen LogP contribution in [-0.2, 0) is 6.42 Å². The van der Waals surface area contributed by atoms with Gasteiger partial charge in [-0.3, -0.25) is 0 Å². The Hall–Kier alpha value is -2.17. The van der Waals surface area contributed by atoms with Gasteiger partial charge in [0.1, 0.15) is 5.69 Å². The van der Waals surface area contributed by atoms with E-state index < -0.39 is 0 Å². The van der Waals surface area contributed by atoms with E-state index in [9.17, 15) is 5.11 Å². The highest BCUT2D eigenvalue weighted by Gasteiger charge is 2.15. The van der Waals surface area contributed by atoms with Gasteiger partial charge < -0.3 is 20.1 Å². The number of anilines is 1. The van der Waals surface area contributed by atoms with Crippen molar-refractivity contribution in [3.05, 3.63) is 23.8 Å². The van der Waals surface area contributed by atoms with Crippen LogP contribution in [0, 0.1) is 0 Å². The average Bonchev–Trinajstić information content (AvgIpc) is 2.76. The molecule has 0 aliphatic heterocycles. The van der Waals surface area contributed by atoms with Gasteiger partial charge in [-0.25, -0.2) is 0 Å². The van der Waals surface area contributed by atoms with Crippen LogP contribution < -0.4 is 10.5 Å². The van der Waals surface area contributed by atoms with Crippen molar-refractivity contribution in [3.8, 4) is 22.8 Å². The lowest BCUT2D eigenvalue weighted by Gasteiger charge is -2.09. The van der Waals surface area contributed by atoms with Crippen molar-refractivity contribution in [2.45, 2.75) is 13.3 Å². The number of ether oxygens (including phenoxy) is 1. The molecular weight excluding hydrogens is 220 g/mol. The van der Waals surface area contributed by atoms with Crippen LogP contribution in [0.15, 0.2) is 22.7 Å². The van der Waals surface area contributed by atoms with Gasteiger partial charge in [-0.2, -0.15) is 0 Å². The minimum atomic E-state index is 0.0398. The van der Waals surface area contributed by atoms with Crippen LogP contribution in [0.1, 0.15) is 12.5 Å². The molecule has 0 bridgehead atoms. The summed E-state index contributed by atoms with van der Waals surface area (Å²) in [5, 5.41) is 13.8. The number of aryl methyl sites for hydroxylation is 1. The summed E-state index contributed by atoms with van der Waals surface area (Å²) in [6.45, 7) is 2.02. The molecule has 2 aromatic rings. The zero-order valence-electron chi connectivity index (χ0n) is 9.73. The summed E-state index contributed by atoms with van der Waals surface area (Å²) in [4.78, 5) is 0. The zero-order valence-corrected chi connectivity index (χ0v) is 9.73. The van der Waals surface area contributed by atoms with E-state index >= 15 is 0 Å². The zero-order chi connectivity index (χ0) is 12.4. The van der Waals surface area contributed by atoms with Gasteiger partial charge in [0.25, 0.3) is 0 Å². The number of methoxy groups -OCH3 is 1. The topological polar surface area (TPSA) is 81.5 Å². The van der Waals surface area contributed by atoms with Crippen molar-refractivity contribution in [2.75, 3.05) is 12.8 Å². The third kappa shape index (κ3) is 2.04. The Kier molecular flexibility index (Phi) is 2.91. The highest BCUT2D eigenvalue weighted by Crippen LogP contribution is 2.38. The van der Waals surface area contributed by atoms with E-state index in [0.717, 1.165) is 12.0 Å². The standard InChI is InChI=1S/C12H14N2O3/c1-3-7-4-8(9-6-11(13)17-14-9)12(15)10(5-7)16-2/h4-6,15H,3,13H2,1-2H3. The van der Waals surface area contributed by atoms with E-state index in [-0.39, 0.29) is 11.6 Å². The van der Waals surface area contributed by atoms with Gasteiger partial charge in [-0.1, -0.05) is 12.1 Å². The van der Waals surface area contributed by atoms with Crippen LogP contribution in [0.3, 0.4) is 0 Å². The van der Waals surface area contributed by atoms with Crippen LogP contribution in [0.25, 0.3) is 11.3 Å². The first-order valence-corrected chi connectivity index (χ1v) is 5.28. The number of nitrogen functional groups attached to an aromatic ring is 1. The number of rotatable bonds is 3. The molecule has 0 unspecified atom stereocenters. The predicted molar refractivity (Wildman–Crippen MR) is 63.9 cm³/mol. The molecular formula is C12H14N2O3. The molecule has 2 rings (SSSR count). The maximum absolute atomic E-state index is 10.0. The summed E-state index contributed by atoms with van der Waals surface area (Å²) in [7, 11) is 1.51. The summed E-state index contributed by atoms with van der Waals surface area (Å²) >= 11 is 0. The van der Waals surface area contributed by atoms with Crippen molar-refractivity contribution in [1.82, 2.24) is 5.16 Å². The van der Waals surface area contributed by atoms with E-state index in [2.05, 4.69) is 5.16 Å². The van der Waals surface area contributed by atoms with Crippen LogP contribution in [0.2, 0.25) is 0 Å². The molecule has 3 N–H and O–H groups in total. The van der Waals surface area contributed by atoms with Crippen LogP contribution >= 0.6 is 0 Å². The molecule has 1 aromatic heterocycles. The molecule has 0 radical (unpaired) electrons. The van der Waals surface area contributed by atoms with Crippen molar-refractivity contribution < 1.29 is 14.4 Å². The molecule has 0 saturated heterocycles. The number of nitrogens with zero attached hydrogens (tertiary/aromatic N) is 1. The summed E-state index contributed by atoms with van der Waals surface area (Å²) in [5.74, 6) is 0.666. The number of hydrogen-bond acceptors (Lipinski definition) is 5. The van der Waals surface area contributed by atoms with Crippen LogP contribution in [0.4, 0.5) is 5.88 Å². The summed E-state index contributed by atoms with van der Waals surface area (Å²) in [5.41, 5.74) is 7.55. The van der Waals surface area contributed by atoms with Crippen molar-refractivity contribution in [2.24, 2.45) is 0 Å². The lowest BCUT2D eigenvalue weighted by Crippen LogP contribution is -1.90. The quantitative estimate of drug-likeness (QED) is 0.850. The Balaban J connectivity index is 2.59. The minimum Gasteiger partial charge on any atom is -0.504 e. The monoisotopic (exact) mass is 234 g/mol. The Morgan fingerprint density at radius 1 is 1.41 bits per heavy atom. The fourth-order valence-corrected chi connectivity index (χ4v) is 1.64. The highest BCUT2D eigenvalue weighted by molar-refractivity contribution is 5.72. The van der Waals surface area contributed by atoms with Crippen molar-refractivity contribution >= 4 is 5.88 Å². The highest BCUT2D eigenvalue weighted by atomic mass is 16.5. The number of benzene rings is 1. The molecule has 1 aromatic carbocycles. The molecule has 0 aliphatic rings. The van der Waals surface area contributed by atoms with Crippen LogP contribution in [-0.4, -0.2) is 17.4 Å². The smallest absolute Gasteiger partial charge is 0.222 e. The molecule has 0 amide bonds. The first kappa shape index (κ1) is 11.3. The second kappa shape index (κ2) is 4.37.